The monoisotopic (exact) mass is 1090 g/mol. The summed E-state index contributed by atoms with van der Waals surface area (Å²) in [5.74, 6) is -0.914. The zero-order valence-corrected chi connectivity index (χ0v) is 51.6. The fourth-order valence-corrected chi connectivity index (χ4v) is 8.98. The van der Waals surface area contributed by atoms with Crippen LogP contribution >= 0.6 is 0 Å². The third-order valence-corrected chi connectivity index (χ3v) is 13.9. The van der Waals surface area contributed by atoms with E-state index in [4.69, 9.17) is 14.2 Å². The Labute approximate surface area is 488 Å². The predicted molar refractivity (Wildman–Crippen MR) is 343 cm³/mol. The van der Waals surface area contributed by atoms with Crippen LogP contribution in [0.2, 0.25) is 0 Å². The Morgan fingerprint density at radius 3 is 0.772 bits per heavy atom. The van der Waals surface area contributed by atoms with Crippen LogP contribution < -0.4 is 0 Å². The molecule has 0 saturated heterocycles. The molecule has 0 radical (unpaired) electrons. The second-order valence-corrected chi connectivity index (χ2v) is 21.6. The molecule has 0 aliphatic heterocycles. The Morgan fingerprint density at radius 1 is 0.266 bits per heavy atom. The lowest BCUT2D eigenvalue weighted by molar-refractivity contribution is -0.167. The van der Waals surface area contributed by atoms with Gasteiger partial charge in [0.1, 0.15) is 13.2 Å². The van der Waals surface area contributed by atoms with E-state index in [-0.39, 0.29) is 31.1 Å². The van der Waals surface area contributed by atoms with Crippen molar-refractivity contribution in [3.8, 4) is 0 Å². The Balaban J connectivity index is 4.28. The average Bonchev–Trinajstić information content (AvgIpc) is 3.45. The van der Waals surface area contributed by atoms with Crippen molar-refractivity contribution in [3.05, 3.63) is 122 Å². The molecule has 0 aliphatic rings. The smallest absolute Gasteiger partial charge is 0.306 e. The Bertz CT molecular complexity index is 1640. The molecule has 0 heterocycles. The number of ether oxygens (including phenoxy) is 3. The molecule has 450 valence electrons. The van der Waals surface area contributed by atoms with Gasteiger partial charge in [-0.1, -0.05) is 271 Å². The van der Waals surface area contributed by atoms with Crippen molar-refractivity contribution in [2.24, 2.45) is 0 Å². The minimum absolute atomic E-state index is 0.0901. The van der Waals surface area contributed by atoms with Crippen LogP contribution in [0.3, 0.4) is 0 Å². The van der Waals surface area contributed by atoms with E-state index in [1.807, 2.05) is 0 Å². The number of allylic oxidation sites excluding steroid dienone is 20. The molecule has 1 atom stereocenters. The number of carbonyl (C=O) groups excluding carboxylic acids is 3. The van der Waals surface area contributed by atoms with Gasteiger partial charge in [0, 0.05) is 19.3 Å². The molecule has 79 heavy (non-hydrogen) atoms. The van der Waals surface area contributed by atoms with Gasteiger partial charge in [0.05, 0.1) is 0 Å². The predicted octanol–water partition coefficient (Wildman–Crippen LogP) is 22.8. The maximum Gasteiger partial charge on any atom is 0.306 e. The lowest BCUT2D eigenvalue weighted by Crippen LogP contribution is -2.30. The maximum atomic E-state index is 12.9. The van der Waals surface area contributed by atoms with Crippen molar-refractivity contribution < 1.29 is 28.6 Å². The van der Waals surface area contributed by atoms with Crippen molar-refractivity contribution in [2.75, 3.05) is 13.2 Å². The van der Waals surface area contributed by atoms with Gasteiger partial charge in [-0.15, -0.1) is 0 Å². The Kier molecular flexibility index (Phi) is 62.8. The van der Waals surface area contributed by atoms with Crippen LogP contribution in [0.4, 0.5) is 0 Å². The molecular weight excluding hydrogens is 973 g/mol. The summed E-state index contributed by atoms with van der Waals surface area (Å²) < 4.78 is 16.9. The number of rotatable bonds is 59. The fourth-order valence-electron chi connectivity index (χ4n) is 8.98. The normalized spacial score (nSPS) is 12.9. The Hall–Kier alpha value is -4.19. The van der Waals surface area contributed by atoms with Crippen molar-refractivity contribution in [1.29, 1.82) is 0 Å². The SMILES string of the molecule is CC/C=C\C/C=C\C/C=C\C/C=C\C/C=C\C/C=C\CCCCCCCCCCCCCCC(=O)OCC(COC(=O)CCCCCCC/C=C\C/C=C\CCCCC)OC(=O)CCCCCCC/C=C\C/C=C\CCCCC. The van der Waals surface area contributed by atoms with E-state index in [2.05, 4.69) is 142 Å². The van der Waals surface area contributed by atoms with Crippen LogP contribution in [0, 0.1) is 0 Å². The topological polar surface area (TPSA) is 78.9 Å². The highest BCUT2D eigenvalue weighted by molar-refractivity contribution is 5.71. The molecule has 0 aliphatic carbocycles. The molecule has 0 aromatic carbocycles. The van der Waals surface area contributed by atoms with E-state index >= 15 is 0 Å². The highest BCUT2D eigenvalue weighted by Crippen LogP contribution is 2.16. The second-order valence-electron chi connectivity index (χ2n) is 21.6. The summed E-state index contributed by atoms with van der Waals surface area (Å²) in [5, 5.41) is 0. The van der Waals surface area contributed by atoms with Gasteiger partial charge >= 0.3 is 17.9 Å². The molecule has 0 rings (SSSR count). The fraction of sp³-hybridized carbons (Fsp3) is 0.685. The first-order valence-electron chi connectivity index (χ1n) is 33.0. The van der Waals surface area contributed by atoms with Crippen molar-refractivity contribution in [3.63, 3.8) is 0 Å². The van der Waals surface area contributed by atoms with E-state index in [0.29, 0.717) is 19.3 Å². The zero-order chi connectivity index (χ0) is 57.1. The van der Waals surface area contributed by atoms with Crippen LogP contribution in [-0.2, 0) is 28.6 Å². The molecule has 0 aromatic rings. The molecule has 0 bridgehead atoms. The number of hydrogen-bond acceptors (Lipinski definition) is 6. The van der Waals surface area contributed by atoms with E-state index in [0.717, 1.165) is 148 Å². The first kappa shape index (κ1) is 74.8. The lowest BCUT2D eigenvalue weighted by atomic mass is 10.0. The van der Waals surface area contributed by atoms with E-state index in [9.17, 15) is 14.4 Å². The summed E-state index contributed by atoms with van der Waals surface area (Å²) >= 11 is 0. The summed E-state index contributed by atoms with van der Waals surface area (Å²) in [6, 6.07) is 0. The highest BCUT2D eigenvalue weighted by atomic mass is 16.6. The van der Waals surface area contributed by atoms with Gasteiger partial charge in [-0.25, -0.2) is 0 Å². The third kappa shape index (κ3) is 64.5. The molecule has 6 nitrogen and oxygen atoms in total. The van der Waals surface area contributed by atoms with Gasteiger partial charge in [-0.3, -0.25) is 14.4 Å². The molecule has 0 N–H and O–H groups in total. The summed E-state index contributed by atoms with van der Waals surface area (Å²) in [4.78, 5) is 38.3. The molecule has 0 spiro atoms. The maximum absolute atomic E-state index is 12.9. The molecular formula is C73H122O6. The average molecular weight is 1100 g/mol. The summed E-state index contributed by atoms with van der Waals surface area (Å²) in [7, 11) is 0. The van der Waals surface area contributed by atoms with Crippen molar-refractivity contribution in [1.82, 2.24) is 0 Å². The standard InChI is InChI=1S/C73H122O6/c1-4-7-10-13-16-19-22-25-28-29-30-31-32-33-34-35-36-37-38-39-40-41-42-43-46-48-51-54-57-60-63-66-72(75)78-69-70(79-73(76)67-64-61-58-55-52-49-45-27-24-21-18-15-12-9-6-3)68-77-71(74)65-62-59-56-53-50-47-44-26-23-20-17-14-11-8-5-2/h7,10,16-21,25-28,30-31,33-34,36-37,44-45,70H,4-6,8-9,11-15,22-24,29,32,35,38-43,46-69H2,1-3H3/b10-7-,19-16-,20-17-,21-18-,28-25-,31-30-,34-33-,37-36-,44-26-,45-27-. The summed E-state index contributed by atoms with van der Waals surface area (Å²) in [6.07, 6.45) is 92.1. The van der Waals surface area contributed by atoms with Crippen molar-refractivity contribution in [2.45, 2.75) is 309 Å². The van der Waals surface area contributed by atoms with Crippen LogP contribution in [0.25, 0.3) is 0 Å². The number of unbranched alkanes of at least 4 members (excludes halogenated alkanes) is 28. The quantitative estimate of drug-likeness (QED) is 0.0261. The van der Waals surface area contributed by atoms with Gasteiger partial charge in [0.2, 0.25) is 0 Å². The van der Waals surface area contributed by atoms with Crippen LogP contribution in [0.15, 0.2) is 122 Å². The third-order valence-electron chi connectivity index (χ3n) is 13.9. The van der Waals surface area contributed by atoms with Gasteiger partial charge < -0.3 is 14.2 Å². The van der Waals surface area contributed by atoms with Crippen LogP contribution in [0.1, 0.15) is 303 Å². The van der Waals surface area contributed by atoms with Crippen LogP contribution in [0.5, 0.6) is 0 Å². The number of esters is 3. The van der Waals surface area contributed by atoms with Gasteiger partial charge in [0.25, 0.3) is 0 Å². The van der Waals surface area contributed by atoms with Gasteiger partial charge in [-0.05, 0) is 135 Å². The molecule has 1 unspecified atom stereocenters. The van der Waals surface area contributed by atoms with E-state index < -0.39 is 6.10 Å². The molecule has 0 fully saturated rings. The largest absolute Gasteiger partial charge is 0.462 e. The van der Waals surface area contributed by atoms with Crippen LogP contribution in [-0.4, -0.2) is 37.2 Å². The molecule has 0 aromatic heterocycles. The van der Waals surface area contributed by atoms with Crippen molar-refractivity contribution >= 4 is 17.9 Å². The van der Waals surface area contributed by atoms with Gasteiger partial charge in [0.15, 0.2) is 6.10 Å². The Morgan fingerprint density at radius 2 is 0.494 bits per heavy atom. The van der Waals surface area contributed by atoms with E-state index in [1.165, 1.54) is 116 Å². The first-order chi connectivity index (χ1) is 39.0. The first-order valence-corrected chi connectivity index (χ1v) is 33.0. The molecule has 0 saturated carbocycles. The second kappa shape index (κ2) is 66.3. The highest BCUT2D eigenvalue weighted by Gasteiger charge is 2.19. The summed E-state index contributed by atoms with van der Waals surface area (Å²) in [5.41, 5.74) is 0. The summed E-state index contributed by atoms with van der Waals surface area (Å²) in [6.45, 7) is 6.46. The zero-order valence-electron chi connectivity index (χ0n) is 51.6. The van der Waals surface area contributed by atoms with Gasteiger partial charge in [-0.2, -0.15) is 0 Å². The van der Waals surface area contributed by atoms with E-state index in [1.54, 1.807) is 0 Å². The number of carbonyl (C=O) groups is 3. The lowest BCUT2D eigenvalue weighted by Gasteiger charge is -2.18. The minimum atomic E-state index is -0.795. The molecule has 0 amide bonds. The number of hydrogen-bond donors (Lipinski definition) is 0. The molecule has 6 heteroatoms. The minimum Gasteiger partial charge on any atom is -0.462 e.